The van der Waals surface area contributed by atoms with Crippen molar-refractivity contribution in [3.63, 3.8) is 0 Å². The highest BCUT2D eigenvalue weighted by Gasteiger charge is 2.06. The summed E-state index contributed by atoms with van der Waals surface area (Å²) < 4.78 is 0. The molecule has 0 unspecified atom stereocenters. The van der Waals surface area contributed by atoms with Crippen LogP contribution in [0, 0.1) is 0 Å². The van der Waals surface area contributed by atoms with Gasteiger partial charge in [0.1, 0.15) is 11.5 Å². The molecular weight excluding hydrogens is 204 g/mol. The summed E-state index contributed by atoms with van der Waals surface area (Å²) in [7, 11) is 0. The molecule has 0 bridgehead atoms. The predicted molar refractivity (Wildman–Crippen MR) is 52.3 cm³/mol. The zero-order chi connectivity index (χ0) is 10.6. The number of amides is 1. The fourth-order valence-electron chi connectivity index (χ4n) is 0.805. The lowest BCUT2D eigenvalue weighted by Crippen LogP contribution is -2.28. The van der Waals surface area contributed by atoms with Gasteiger partial charge < -0.3 is 5.32 Å². The molecule has 0 radical (unpaired) electrons. The summed E-state index contributed by atoms with van der Waals surface area (Å²) in [6.45, 7) is 1.42. The number of aromatic nitrogens is 1. The molecular formula is C9H9ClN2O2. The monoisotopic (exact) mass is 212 g/mol. The van der Waals surface area contributed by atoms with Crippen molar-refractivity contribution in [1.82, 2.24) is 10.3 Å². The molecule has 1 N–H and O–H groups in total. The van der Waals surface area contributed by atoms with Crippen molar-refractivity contribution in [3.8, 4) is 0 Å². The van der Waals surface area contributed by atoms with Gasteiger partial charge in [0.05, 0.1) is 11.6 Å². The molecule has 1 amide bonds. The van der Waals surface area contributed by atoms with Crippen molar-refractivity contribution in [3.05, 3.63) is 29.0 Å². The van der Waals surface area contributed by atoms with Crippen LogP contribution in [-0.4, -0.2) is 23.2 Å². The number of hydrogen-bond donors (Lipinski definition) is 1. The molecule has 0 fully saturated rings. The highest BCUT2D eigenvalue weighted by atomic mass is 35.5. The van der Waals surface area contributed by atoms with Gasteiger partial charge in [0.25, 0.3) is 5.91 Å². The Balaban J connectivity index is 2.61. The topological polar surface area (TPSA) is 59.1 Å². The molecule has 0 saturated carbocycles. The molecule has 1 aromatic rings. The molecule has 0 aliphatic rings. The van der Waals surface area contributed by atoms with E-state index in [9.17, 15) is 9.59 Å². The van der Waals surface area contributed by atoms with E-state index in [-0.39, 0.29) is 23.9 Å². The van der Waals surface area contributed by atoms with Gasteiger partial charge in [-0.15, -0.1) is 0 Å². The minimum absolute atomic E-state index is 0.0170. The normalized spacial score (nSPS) is 9.57. The number of nitrogens with one attached hydrogen (secondary N) is 1. The standard InChI is InChI=1S/C9H9ClN2O2/c1-6(13)4-12-9(14)8-3-2-7(10)5-11-8/h2-3,5H,4H2,1H3,(H,12,14). The Labute approximate surface area is 86.3 Å². The molecule has 14 heavy (non-hydrogen) atoms. The third-order valence-corrected chi connectivity index (χ3v) is 1.68. The first kappa shape index (κ1) is 10.7. The number of rotatable bonds is 3. The maximum atomic E-state index is 11.3. The highest BCUT2D eigenvalue weighted by Crippen LogP contribution is 2.05. The molecule has 0 saturated heterocycles. The van der Waals surface area contributed by atoms with Gasteiger partial charge in [-0.25, -0.2) is 4.98 Å². The summed E-state index contributed by atoms with van der Waals surface area (Å²) in [6.07, 6.45) is 1.38. The van der Waals surface area contributed by atoms with Crippen LogP contribution in [-0.2, 0) is 4.79 Å². The minimum atomic E-state index is -0.378. The summed E-state index contributed by atoms with van der Waals surface area (Å²) in [6, 6.07) is 3.06. The molecule has 0 aromatic carbocycles. The second-order valence-electron chi connectivity index (χ2n) is 2.75. The molecule has 0 aliphatic carbocycles. The quantitative estimate of drug-likeness (QED) is 0.815. The predicted octanol–water partition coefficient (Wildman–Crippen LogP) is 1.05. The summed E-state index contributed by atoms with van der Waals surface area (Å²) in [5.74, 6) is -0.482. The van der Waals surface area contributed by atoms with Crippen molar-refractivity contribution >= 4 is 23.3 Å². The Morgan fingerprint density at radius 3 is 2.71 bits per heavy atom. The molecule has 1 rings (SSSR count). The van der Waals surface area contributed by atoms with Crippen LogP contribution >= 0.6 is 11.6 Å². The summed E-state index contributed by atoms with van der Waals surface area (Å²) in [5, 5.41) is 2.89. The van der Waals surface area contributed by atoms with Gasteiger partial charge in [0.2, 0.25) is 0 Å². The van der Waals surface area contributed by atoms with E-state index in [0.717, 1.165) is 0 Å². The SMILES string of the molecule is CC(=O)CNC(=O)c1ccc(Cl)cn1. The Morgan fingerprint density at radius 2 is 2.21 bits per heavy atom. The minimum Gasteiger partial charge on any atom is -0.344 e. The van der Waals surface area contributed by atoms with Gasteiger partial charge >= 0.3 is 0 Å². The average Bonchev–Trinajstić information content (AvgIpc) is 2.15. The lowest BCUT2D eigenvalue weighted by Gasteiger charge is -2.01. The van der Waals surface area contributed by atoms with Crippen molar-refractivity contribution < 1.29 is 9.59 Å². The number of pyridine rings is 1. The first-order valence-corrected chi connectivity index (χ1v) is 4.36. The van der Waals surface area contributed by atoms with Crippen LogP contribution in [0.4, 0.5) is 0 Å². The smallest absolute Gasteiger partial charge is 0.270 e. The molecule has 0 spiro atoms. The molecule has 0 atom stereocenters. The molecule has 1 heterocycles. The Kier molecular flexibility index (Phi) is 3.59. The van der Waals surface area contributed by atoms with Gasteiger partial charge in [0, 0.05) is 6.20 Å². The zero-order valence-corrected chi connectivity index (χ0v) is 8.34. The Morgan fingerprint density at radius 1 is 1.50 bits per heavy atom. The van der Waals surface area contributed by atoms with Crippen LogP contribution in [0.1, 0.15) is 17.4 Å². The zero-order valence-electron chi connectivity index (χ0n) is 7.58. The average molecular weight is 213 g/mol. The lowest BCUT2D eigenvalue weighted by molar-refractivity contribution is -0.116. The van der Waals surface area contributed by atoms with Gasteiger partial charge in [-0.2, -0.15) is 0 Å². The second kappa shape index (κ2) is 4.72. The number of hydrogen-bond acceptors (Lipinski definition) is 3. The van der Waals surface area contributed by atoms with Gasteiger partial charge in [-0.05, 0) is 19.1 Å². The van der Waals surface area contributed by atoms with E-state index < -0.39 is 0 Å². The number of halogens is 1. The fraction of sp³-hybridized carbons (Fsp3) is 0.222. The summed E-state index contributed by atoms with van der Waals surface area (Å²) in [4.78, 5) is 25.7. The summed E-state index contributed by atoms with van der Waals surface area (Å²) in [5.41, 5.74) is 0.246. The van der Waals surface area contributed by atoms with Crippen LogP contribution in [0.15, 0.2) is 18.3 Å². The highest BCUT2D eigenvalue weighted by molar-refractivity contribution is 6.30. The second-order valence-corrected chi connectivity index (χ2v) is 3.18. The first-order valence-electron chi connectivity index (χ1n) is 3.99. The molecule has 4 nitrogen and oxygen atoms in total. The molecule has 74 valence electrons. The van der Waals surface area contributed by atoms with Crippen molar-refractivity contribution in [2.24, 2.45) is 0 Å². The van der Waals surface area contributed by atoms with E-state index in [4.69, 9.17) is 11.6 Å². The number of Topliss-reactive ketones (excluding diaryl/α,β-unsaturated/α-hetero) is 1. The van der Waals surface area contributed by atoms with Crippen molar-refractivity contribution in [1.29, 1.82) is 0 Å². The fourth-order valence-corrected chi connectivity index (χ4v) is 0.917. The van der Waals surface area contributed by atoms with E-state index in [1.54, 1.807) is 6.07 Å². The Bertz CT molecular complexity index is 348. The van der Waals surface area contributed by atoms with E-state index in [0.29, 0.717) is 5.02 Å². The van der Waals surface area contributed by atoms with Gasteiger partial charge in [-0.1, -0.05) is 11.6 Å². The number of carbonyl (C=O) groups is 2. The van der Waals surface area contributed by atoms with Crippen LogP contribution in [0.5, 0.6) is 0 Å². The van der Waals surface area contributed by atoms with E-state index in [2.05, 4.69) is 10.3 Å². The van der Waals surface area contributed by atoms with Crippen LogP contribution in [0.25, 0.3) is 0 Å². The van der Waals surface area contributed by atoms with Crippen molar-refractivity contribution in [2.75, 3.05) is 6.54 Å². The largest absolute Gasteiger partial charge is 0.344 e. The number of nitrogens with zero attached hydrogens (tertiary/aromatic N) is 1. The van der Waals surface area contributed by atoms with Crippen LogP contribution in [0.3, 0.4) is 0 Å². The third-order valence-electron chi connectivity index (χ3n) is 1.46. The maximum absolute atomic E-state index is 11.3. The van der Waals surface area contributed by atoms with E-state index >= 15 is 0 Å². The van der Waals surface area contributed by atoms with E-state index in [1.165, 1.54) is 19.2 Å². The first-order chi connectivity index (χ1) is 6.59. The van der Waals surface area contributed by atoms with Crippen molar-refractivity contribution in [2.45, 2.75) is 6.92 Å². The summed E-state index contributed by atoms with van der Waals surface area (Å²) >= 11 is 5.60. The molecule has 1 aromatic heterocycles. The Hall–Kier alpha value is -1.42. The molecule has 0 aliphatic heterocycles. The molecule has 5 heteroatoms. The third kappa shape index (κ3) is 3.14. The lowest BCUT2D eigenvalue weighted by atomic mass is 10.3. The van der Waals surface area contributed by atoms with Gasteiger partial charge in [0.15, 0.2) is 0 Å². The number of ketones is 1. The van der Waals surface area contributed by atoms with Gasteiger partial charge in [-0.3, -0.25) is 9.59 Å². The van der Waals surface area contributed by atoms with Crippen LogP contribution < -0.4 is 5.32 Å². The van der Waals surface area contributed by atoms with Crippen LogP contribution in [0.2, 0.25) is 5.02 Å². The van der Waals surface area contributed by atoms with E-state index in [1.807, 2.05) is 0 Å². The maximum Gasteiger partial charge on any atom is 0.270 e. The number of carbonyl (C=O) groups excluding carboxylic acids is 2.